The van der Waals surface area contributed by atoms with Gasteiger partial charge in [-0.15, -0.1) is 0 Å². The molecule has 1 aromatic carbocycles. The number of nitrogens with one attached hydrogen (secondary N) is 1. The van der Waals surface area contributed by atoms with Crippen LogP contribution in [-0.2, 0) is 11.2 Å². The van der Waals surface area contributed by atoms with Gasteiger partial charge in [-0.3, -0.25) is 24.5 Å². The lowest BCUT2D eigenvalue weighted by Gasteiger charge is -2.23. The number of hydroxylamine groups is 1. The van der Waals surface area contributed by atoms with Crippen LogP contribution in [0, 0.1) is 0 Å². The van der Waals surface area contributed by atoms with Gasteiger partial charge in [-0.1, -0.05) is 0 Å². The van der Waals surface area contributed by atoms with Crippen LogP contribution in [0.1, 0.15) is 26.3 Å². The molecule has 6 heteroatoms. The van der Waals surface area contributed by atoms with E-state index >= 15 is 0 Å². The standard InChI is InChI=1S/C11H10N2O4/c1-13-9(14)5-7-4-6(10(15)12-17)2-3-8(7)11(13)16/h2-4,17H,5H2,1H3,(H,12,15). The number of fused-ring (bicyclic) bond motifs is 1. The lowest BCUT2D eigenvalue weighted by atomic mass is 9.96. The van der Waals surface area contributed by atoms with E-state index < -0.39 is 5.91 Å². The molecule has 0 aliphatic carbocycles. The molecule has 0 saturated heterocycles. The molecule has 17 heavy (non-hydrogen) atoms. The second-order valence-corrected chi connectivity index (χ2v) is 3.75. The predicted molar refractivity (Wildman–Crippen MR) is 56.5 cm³/mol. The molecule has 0 saturated carbocycles. The Hall–Kier alpha value is -2.21. The first-order valence-corrected chi connectivity index (χ1v) is 4.93. The van der Waals surface area contributed by atoms with Gasteiger partial charge in [0.1, 0.15) is 0 Å². The summed E-state index contributed by atoms with van der Waals surface area (Å²) in [5.74, 6) is -1.37. The van der Waals surface area contributed by atoms with Crippen LogP contribution < -0.4 is 5.48 Å². The maximum Gasteiger partial charge on any atom is 0.274 e. The Bertz CT molecular complexity index is 524. The molecule has 0 atom stereocenters. The van der Waals surface area contributed by atoms with Crippen LogP contribution >= 0.6 is 0 Å². The highest BCUT2D eigenvalue weighted by molar-refractivity contribution is 6.10. The summed E-state index contributed by atoms with van der Waals surface area (Å²) in [6.45, 7) is 0. The van der Waals surface area contributed by atoms with Gasteiger partial charge in [0, 0.05) is 18.2 Å². The summed E-state index contributed by atoms with van der Waals surface area (Å²) >= 11 is 0. The third-order valence-electron chi connectivity index (χ3n) is 2.72. The Labute approximate surface area is 96.8 Å². The number of hydrogen-bond acceptors (Lipinski definition) is 4. The number of imide groups is 1. The van der Waals surface area contributed by atoms with Crippen molar-refractivity contribution >= 4 is 17.7 Å². The van der Waals surface area contributed by atoms with Crippen LogP contribution in [0.4, 0.5) is 0 Å². The highest BCUT2D eigenvalue weighted by Gasteiger charge is 2.28. The van der Waals surface area contributed by atoms with Crippen molar-refractivity contribution < 1.29 is 19.6 Å². The molecular weight excluding hydrogens is 224 g/mol. The summed E-state index contributed by atoms with van der Waals surface area (Å²) in [7, 11) is 1.42. The smallest absolute Gasteiger partial charge is 0.274 e. The molecule has 0 bridgehead atoms. The lowest BCUT2D eigenvalue weighted by Crippen LogP contribution is -2.39. The number of nitrogens with zero attached hydrogens (tertiary/aromatic N) is 1. The second-order valence-electron chi connectivity index (χ2n) is 3.75. The molecule has 3 amide bonds. The van der Waals surface area contributed by atoms with Crippen molar-refractivity contribution in [2.75, 3.05) is 7.05 Å². The molecule has 1 aliphatic heterocycles. The van der Waals surface area contributed by atoms with Crippen molar-refractivity contribution in [3.8, 4) is 0 Å². The molecule has 0 spiro atoms. The lowest BCUT2D eigenvalue weighted by molar-refractivity contribution is -0.127. The molecule has 1 aliphatic rings. The van der Waals surface area contributed by atoms with Gasteiger partial charge in [0.25, 0.3) is 11.8 Å². The highest BCUT2D eigenvalue weighted by Crippen LogP contribution is 2.20. The van der Waals surface area contributed by atoms with Crippen molar-refractivity contribution in [2.24, 2.45) is 0 Å². The maximum absolute atomic E-state index is 11.7. The van der Waals surface area contributed by atoms with E-state index in [1.165, 1.54) is 30.7 Å². The molecule has 0 fully saturated rings. The Morgan fingerprint density at radius 1 is 1.41 bits per heavy atom. The summed E-state index contributed by atoms with van der Waals surface area (Å²) in [5.41, 5.74) is 2.61. The molecule has 2 rings (SSSR count). The van der Waals surface area contributed by atoms with Crippen LogP contribution in [0.3, 0.4) is 0 Å². The third-order valence-corrected chi connectivity index (χ3v) is 2.72. The fourth-order valence-electron chi connectivity index (χ4n) is 1.73. The minimum atomic E-state index is -0.674. The number of rotatable bonds is 1. The highest BCUT2D eigenvalue weighted by atomic mass is 16.5. The summed E-state index contributed by atoms with van der Waals surface area (Å²) in [5, 5.41) is 8.50. The zero-order chi connectivity index (χ0) is 12.6. The number of likely N-dealkylation sites (N-methyl/N-ethyl adjacent to an activating group) is 1. The number of carbonyl (C=O) groups is 3. The second kappa shape index (κ2) is 3.99. The average molecular weight is 234 g/mol. The molecule has 88 valence electrons. The van der Waals surface area contributed by atoms with Gasteiger partial charge in [0.2, 0.25) is 5.91 Å². The first-order chi connectivity index (χ1) is 8.04. The van der Waals surface area contributed by atoms with Gasteiger partial charge in [0.15, 0.2) is 0 Å². The first-order valence-electron chi connectivity index (χ1n) is 4.93. The number of carbonyl (C=O) groups excluding carboxylic acids is 3. The Kier molecular flexibility index (Phi) is 2.64. The van der Waals surface area contributed by atoms with Gasteiger partial charge in [-0.05, 0) is 23.8 Å². The molecule has 6 nitrogen and oxygen atoms in total. The summed E-state index contributed by atoms with van der Waals surface area (Å²) < 4.78 is 0. The van der Waals surface area contributed by atoms with Crippen LogP contribution in [0.15, 0.2) is 18.2 Å². The molecule has 1 aromatic rings. The maximum atomic E-state index is 11.7. The van der Waals surface area contributed by atoms with E-state index in [4.69, 9.17) is 5.21 Å². The van der Waals surface area contributed by atoms with Crippen LogP contribution in [-0.4, -0.2) is 34.9 Å². The zero-order valence-corrected chi connectivity index (χ0v) is 9.06. The summed E-state index contributed by atoms with van der Waals surface area (Å²) in [6.07, 6.45) is 0.0735. The van der Waals surface area contributed by atoms with E-state index in [1.54, 1.807) is 0 Å². The van der Waals surface area contributed by atoms with Gasteiger partial charge in [0.05, 0.1) is 6.42 Å². The zero-order valence-electron chi connectivity index (χ0n) is 9.06. The van der Waals surface area contributed by atoms with E-state index in [9.17, 15) is 14.4 Å². The first kappa shape index (κ1) is 11.3. The molecule has 0 unspecified atom stereocenters. The topological polar surface area (TPSA) is 86.7 Å². The summed E-state index contributed by atoms with van der Waals surface area (Å²) in [6, 6.07) is 4.33. The van der Waals surface area contributed by atoms with E-state index in [2.05, 4.69) is 0 Å². The van der Waals surface area contributed by atoms with Gasteiger partial charge >= 0.3 is 0 Å². The normalized spacial score (nSPS) is 14.6. The number of benzene rings is 1. The monoisotopic (exact) mass is 234 g/mol. The van der Waals surface area contributed by atoms with Crippen molar-refractivity contribution in [1.29, 1.82) is 0 Å². The number of hydrogen-bond donors (Lipinski definition) is 2. The van der Waals surface area contributed by atoms with E-state index in [0.717, 1.165) is 4.90 Å². The van der Waals surface area contributed by atoms with Gasteiger partial charge in [-0.25, -0.2) is 5.48 Å². The van der Waals surface area contributed by atoms with Crippen LogP contribution in [0.25, 0.3) is 0 Å². The fourth-order valence-corrected chi connectivity index (χ4v) is 1.73. The van der Waals surface area contributed by atoms with Crippen molar-refractivity contribution in [3.05, 3.63) is 34.9 Å². The van der Waals surface area contributed by atoms with Crippen LogP contribution in [0.2, 0.25) is 0 Å². The average Bonchev–Trinajstić information content (AvgIpc) is 2.34. The van der Waals surface area contributed by atoms with Crippen molar-refractivity contribution in [2.45, 2.75) is 6.42 Å². The fraction of sp³-hybridized carbons (Fsp3) is 0.182. The Morgan fingerprint density at radius 3 is 2.76 bits per heavy atom. The number of amides is 3. The molecule has 1 heterocycles. The molecule has 2 N–H and O–H groups in total. The molecule has 0 radical (unpaired) electrons. The minimum Gasteiger partial charge on any atom is -0.288 e. The molecular formula is C11H10N2O4. The molecule has 0 aromatic heterocycles. The summed E-state index contributed by atoms with van der Waals surface area (Å²) in [4.78, 5) is 35.4. The third kappa shape index (κ3) is 1.78. The van der Waals surface area contributed by atoms with Crippen molar-refractivity contribution in [3.63, 3.8) is 0 Å². The largest absolute Gasteiger partial charge is 0.288 e. The Balaban J connectivity index is 2.47. The van der Waals surface area contributed by atoms with E-state index in [1.807, 2.05) is 0 Å². The Morgan fingerprint density at radius 2 is 2.12 bits per heavy atom. The van der Waals surface area contributed by atoms with Gasteiger partial charge < -0.3 is 0 Å². The van der Waals surface area contributed by atoms with E-state index in [0.29, 0.717) is 11.1 Å². The quantitative estimate of drug-likeness (QED) is 0.405. The minimum absolute atomic E-state index is 0.0735. The van der Waals surface area contributed by atoms with Crippen LogP contribution in [0.5, 0.6) is 0 Å². The SMILES string of the molecule is CN1C(=O)Cc2cc(C(=O)NO)ccc2C1=O. The predicted octanol–water partition coefficient (Wildman–Crippen LogP) is -0.0397. The van der Waals surface area contributed by atoms with Gasteiger partial charge in [-0.2, -0.15) is 0 Å². The van der Waals surface area contributed by atoms with E-state index in [-0.39, 0.29) is 23.8 Å². The van der Waals surface area contributed by atoms with Crippen molar-refractivity contribution in [1.82, 2.24) is 10.4 Å².